The topological polar surface area (TPSA) is 69.9 Å². The summed E-state index contributed by atoms with van der Waals surface area (Å²) in [7, 11) is 0. The monoisotopic (exact) mass is 857 g/mol. The van der Waals surface area contributed by atoms with Gasteiger partial charge in [-0.2, -0.15) is 0 Å². The van der Waals surface area contributed by atoms with Crippen LogP contribution in [0.5, 0.6) is 0 Å². The Morgan fingerprint density at radius 3 is 1.87 bits per heavy atom. The average Bonchev–Trinajstić information content (AvgIpc) is 2.08. The summed E-state index contributed by atoms with van der Waals surface area (Å²) in [5, 5.41) is 27.7. The van der Waals surface area contributed by atoms with E-state index in [1.54, 1.807) is 0 Å². The SMILES string of the molecule is CC1OC(CO)C(O)C(O)C1C.[Ac].[Ac].[Ac]. The predicted molar refractivity (Wildman–Crippen MR) is 42.6 cm³/mol. The third kappa shape index (κ3) is 6.93. The Morgan fingerprint density at radius 2 is 1.47 bits per heavy atom. The van der Waals surface area contributed by atoms with Crippen LogP contribution in [0, 0.1) is 138 Å². The maximum absolute atomic E-state index is 9.48. The molecule has 81 valence electrons. The molecule has 1 heterocycles. The van der Waals surface area contributed by atoms with E-state index in [4.69, 9.17) is 9.84 Å². The minimum absolute atomic E-state index is 0. The smallest absolute Gasteiger partial charge is 0.109 e. The van der Waals surface area contributed by atoms with Gasteiger partial charge < -0.3 is 20.1 Å². The third-order valence-electron chi connectivity index (χ3n) is 2.58. The molecule has 3 radical (unpaired) electrons. The normalized spacial score (nSPS) is 39.4. The van der Waals surface area contributed by atoms with Crippen LogP contribution in [0.4, 0.5) is 0 Å². The average molecular weight is 857 g/mol. The van der Waals surface area contributed by atoms with E-state index < -0.39 is 18.3 Å². The van der Waals surface area contributed by atoms with E-state index in [2.05, 4.69) is 0 Å². The molecule has 3 N–H and O–H groups in total. The summed E-state index contributed by atoms with van der Waals surface area (Å²) in [5.74, 6) is -0.0946. The van der Waals surface area contributed by atoms with Crippen molar-refractivity contribution in [3.8, 4) is 0 Å². The molecule has 15 heavy (non-hydrogen) atoms. The van der Waals surface area contributed by atoms with Crippen molar-refractivity contribution < 1.29 is 152 Å². The van der Waals surface area contributed by atoms with Crippen molar-refractivity contribution >= 4 is 0 Å². The van der Waals surface area contributed by atoms with Crippen molar-refractivity contribution in [1.29, 1.82) is 0 Å². The van der Waals surface area contributed by atoms with Gasteiger partial charge in [-0.25, -0.2) is 0 Å². The molecule has 1 aliphatic rings. The van der Waals surface area contributed by atoms with Crippen LogP contribution in [0.3, 0.4) is 0 Å². The van der Waals surface area contributed by atoms with Crippen LogP contribution >= 0.6 is 0 Å². The quantitative estimate of drug-likeness (QED) is 0.321. The largest absolute Gasteiger partial charge is 0.394 e. The van der Waals surface area contributed by atoms with Crippen molar-refractivity contribution in [3.05, 3.63) is 0 Å². The number of aliphatic hydroxyl groups excluding tert-OH is 3. The summed E-state index contributed by atoms with van der Waals surface area (Å²) in [6.45, 7) is 3.38. The Morgan fingerprint density at radius 1 is 1.00 bits per heavy atom. The molecule has 0 aromatic rings. The zero-order valence-electron chi connectivity index (χ0n) is 9.08. The second-order valence-corrected chi connectivity index (χ2v) is 3.40. The van der Waals surface area contributed by atoms with Crippen molar-refractivity contribution in [2.45, 2.75) is 38.3 Å². The van der Waals surface area contributed by atoms with E-state index in [0.29, 0.717) is 0 Å². The van der Waals surface area contributed by atoms with Gasteiger partial charge in [-0.15, -0.1) is 0 Å². The van der Waals surface area contributed by atoms with E-state index >= 15 is 0 Å². The molecule has 5 unspecified atom stereocenters. The van der Waals surface area contributed by atoms with Gasteiger partial charge in [-0.1, -0.05) is 6.92 Å². The predicted octanol–water partition coefficient (Wildman–Crippen LogP) is -0.876. The molecule has 0 amide bonds. The number of ether oxygens (including phenoxy) is 1. The molecule has 1 saturated heterocycles. The standard InChI is InChI=1S/C8H16O4.3Ac/c1-4-5(2)12-6(3-9)8(11)7(4)10;;;/h4-11H,3H2,1-2H3;;;. The molecule has 0 aromatic heterocycles. The maximum Gasteiger partial charge on any atom is 0.109 e. The van der Waals surface area contributed by atoms with Gasteiger partial charge >= 0.3 is 0 Å². The molecule has 0 spiro atoms. The van der Waals surface area contributed by atoms with Crippen LogP contribution in [0.15, 0.2) is 0 Å². The number of aliphatic hydroxyl groups is 3. The Bertz CT molecular complexity index is 156. The molecule has 4 nitrogen and oxygen atoms in total. The molecular weight excluding hydrogens is 841 g/mol. The van der Waals surface area contributed by atoms with Gasteiger partial charge in [0.05, 0.1) is 18.8 Å². The van der Waals surface area contributed by atoms with Crippen LogP contribution in [0.25, 0.3) is 0 Å². The van der Waals surface area contributed by atoms with Crippen LogP contribution in [-0.2, 0) is 4.74 Å². The van der Waals surface area contributed by atoms with E-state index in [9.17, 15) is 10.2 Å². The summed E-state index contributed by atoms with van der Waals surface area (Å²) in [4.78, 5) is 0. The Hall–Kier alpha value is 4.16. The van der Waals surface area contributed by atoms with Crippen LogP contribution in [0.1, 0.15) is 13.8 Å². The summed E-state index contributed by atoms with van der Waals surface area (Å²) < 4.78 is 5.27. The van der Waals surface area contributed by atoms with Crippen molar-refractivity contribution in [3.63, 3.8) is 0 Å². The summed E-state index contributed by atoms with van der Waals surface area (Å²) in [5.41, 5.74) is 0. The first-order valence-electron chi connectivity index (χ1n) is 4.20. The molecular formula is C8H16Ac3O4. The first kappa shape index (κ1) is 24.2. The summed E-state index contributed by atoms with van der Waals surface area (Å²) in [6.07, 6.45) is -2.54. The van der Waals surface area contributed by atoms with E-state index in [1.807, 2.05) is 13.8 Å². The fourth-order valence-corrected chi connectivity index (χ4v) is 1.44. The van der Waals surface area contributed by atoms with Gasteiger partial charge in [0, 0.05) is 138 Å². The maximum atomic E-state index is 9.48. The van der Waals surface area contributed by atoms with E-state index in [1.165, 1.54) is 0 Å². The Balaban J connectivity index is -0.000000480. The fourth-order valence-electron chi connectivity index (χ4n) is 1.44. The molecule has 0 bridgehead atoms. The van der Waals surface area contributed by atoms with Crippen molar-refractivity contribution in [1.82, 2.24) is 0 Å². The molecule has 7 heteroatoms. The summed E-state index contributed by atoms with van der Waals surface area (Å²) >= 11 is 0. The second-order valence-electron chi connectivity index (χ2n) is 3.40. The van der Waals surface area contributed by atoms with Gasteiger partial charge in [0.1, 0.15) is 12.2 Å². The van der Waals surface area contributed by atoms with Crippen LogP contribution in [0.2, 0.25) is 0 Å². The molecule has 1 rings (SSSR count). The number of hydrogen-bond donors (Lipinski definition) is 3. The molecule has 5 atom stereocenters. The minimum Gasteiger partial charge on any atom is -0.394 e. The molecule has 0 saturated carbocycles. The first-order valence-corrected chi connectivity index (χ1v) is 4.20. The van der Waals surface area contributed by atoms with E-state index in [0.717, 1.165) is 0 Å². The van der Waals surface area contributed by atoms with Gasteiger partial charge in [-0.05, 0) is 6.92 Å². The second kappa shape index (κ2) is 11.9. The van der Waals surface area contributed by atoms with Crippen LogP contribution in [-0.4, -0.2) is 46.3 Å². The van der Waals surface area contributed by atoms with Gasteiger partial charge in [0.2, 0.25) is 0 Å². The van der Waals surface area contributed by atoms with Gasteiger partial charge in [0.15, 0.2) is 0 Å². The summed E-state index contributed by atoms with van der Waals surface area (Å²) in [6, 6.07) is 0. The fraction of sp³-hybridized carbons (Fsp3) is 1.00. The zero-order valence-corrected chi connectivity index (χ0v) is 23.3. The number of hydrogen-bond acceptors (Lipinski definition) is 4. The Kier molecular flexibility index (Phi) is 19.3. The molecule has 0 aliphatic carbocycles. The van der Waals surface area contributed by atoms with E-state index in [-0.39, 0.29) is 151 Å². The minimum atomic E-state index is -0.971. The van der Waals surface area contributed by atoms with Crippen LogP contribution < -0.4 is 0 Å². The first-order chi connectivity index (χ1) is 5.57. The third-order valence-corrected chi connectivity index (χ3v) is 2.58. The van der Waals surface area contributed by atoms with Crippen molar-refractivity contribution in [2.24, 2.45) is 5.92 Å². The number of rotatable bonds is 1. The van der Waals surface area contributed by atoms with Crippen molar-refractivity contribution in [2.75, 3.05) is 6.61 Å². The Labute approximate surface area is 198 Å². The van der Waals surface area contributed by atoms with Gasteiger partial charge in [-0.3, -0.25) is 0 Å². The molecule has 1 fully saturated rings. The van der Waals surface area contributed by atoms with Gasteiger partial charge in [0.25, 0.3) is 0 Å². The zero-order chi connectivity index (χ0) is 9.30. The molecule has 0 aromatic carbocycles. The molecule has 1 aliphatic heterocycles.